The average molecular weight is 235 g/mol. The van der Waals surface area contributed by atoms with Gasteiger partial charge in [-0.3, -0.25) is 0 Å². The van der Waals surface area contributed by atoms with E-state index in [2.05, 4.69) is 16.9 Å². The van der Waals surface area contributed by atoms with Gasteiger partial charge in [-0.25, -0.2) is 4.98 Å². The fraction of sp³-hybridized carbons (Fsp3) is 0.615. The zero-order valence-corrected chi connectivity index (χ0v) is 10.6. The van der Waals surface area contributed by atoms with Crippen molar-refractivity contribution in [3.05, 3.63) is 23.9 Å². The van der Waals surface area contributed by atoms with Crippen LogP contribution in [0.4, 0.5) is 5.82 Å². The molecule has 1 saturated heterocycles. The third-order valence-electron chi connectivity index (χ3n) is 3.19. The Morgan fingerprint density at radius 1 is 1.59 bits per heavy atom. The van der Waals surface area contributed by atoms with E-state index >= 15 is 0 Å². The summed E-state index contributed by atoms with van der Waals surface area (Å²) in [5.74, 6) is 0.977. The molecule has 4 nitrogen and oxygen atoms in total. The molecule has 0 spiro atoms. The zero-order valence-electron chi connectivity index (χ0n) is 10.6. The van der Waals surface area contributed by atoms with Gasteiger partial charge in [0.2, 0.25) is 0 Å². The molecule has 2 heterocycles. The largest absolute Gasteiger partial charge is 0.376 e. The van der Waals surface area contributed by atoms with Crippen molar-refractivity contribution in [1.82, 2.24) is 4.98 Å². The number of ether oxygens (including phenoxy) is 1. The van der Waals surface area contributed by atoms with E-state index in [9.17, 15) is 0 Å². The number of nitrogens with zero attached hydrogens (tertiary/aromatic N) is 2. The highest BCUT2D eigenvalue weighted by molar-refractivity contribution is 5.38. The van der Waals surface area contributed by atoms with Crippen molar-refractivity contribution in [2.45, 2.75) is 31.9 Å². The van der Waals surface area contributed by atoms with Crippen LogP contribution in [0.2, 0.25) is 0 Å². The lowest BCUT2D eigenvalue weighted by atomic mass is 10.1. The van der Waals surface area contributed by atoms with Gasteiger partial charge in [0.1, 0.15) is 5.82 Å². The topological polar surface area (TPSA) is 51.4 Å². The predicted octanol–water partition coefficient (Wildman–Crippen LogP) is 1.72. The maximum absolute atomic E-state index is 5.80. The Balaban J connectivity index is 1.96. The van der Waals surface area contributed by atoms with Crippen LogP contribution in [-0.4, -0.2) is 31.3 Å². The number of anilines is 1. The predicted molar refractivity (Wildman–Crippen MR) is 69.1 cm³/mol. The van der Waals surface area contributed by atoms with Gasteiger partial charge in [0.05, 0.1) is 6.10 Å². The lowest BCUT2D eigenvalue weighted by Gasteiger charge is -2.22. The fourth-order valence-electron chi connectivity index (χ4n) is 2.08. The second-order valence-electron chi connectivity index (χ2n) is 4.75. The van der Waals surface area contributed by atoms with E-state index in [1.54, 1.807) is 0 Å². The molecule has 0 radical (unpaired) electrons. The summed E-state index contributed by atoms with van der Waals surface area (Å²) in [7, 11) is 2.05. The van der Waals surface area contributed by atoms with E-state index in [1.807, 2.05) is 25.3 Å². The number of pyridine rings is 1. The van der Waals surface area contributed by atoms with E-state index in [0.29, 0.717) is 6.10 Å². The van der Waals surface area contributed by atoms with Gasteiger partial charge in [-0.15, -0.1) is 0 Å². The maximum Gasteiger partial charge on any atom is 0.128 e. The van der Waals surface area contributed by atoms with Crippen LogP contribution in [0.5, 0.6) is 0 Å². The molecule has 2 N–H and O–H groups in total. The lowest BCUT2D eigenvalue weighted by molar-refractivity contribution is 0.116. The Morgan fingerprint density at radius 3 is 2.94 bits per heavy atom. The minimum atomic E-state index is 0.0417. The molecule has 1 aliphatic rings. The van der Waals surface area contributed by atoms with Crippen molar-refractivity contribution in [3.8, 4) is 0 Å². The Labute approximate surface area is 103 Å². The molecule has 2 atom stereocenters. The summed E-state index contributed by atoms with van der Waals surface area (Å²) in [5.41, 5.74) is 6.87. The van der Waals surface area contributed by atoms with Gasteiger partial charge in [0, 0.05) is 32.4 Å². The highest BCUT2D eigenvalue weighted by atomic mass is 16.5. The summed E-state index contributed by atoms with van der Waals surface area (Å²) in [6, 6.07) is 4.10. The maximum atomic E-state index is 5.80. The van der Waals surface area contributed by atoms with Crippen LogP contribution in [0.3, 0.4) is 0 Å². The molecule has 2 unspecified atom stereocenters. The summed E-state index contributed by atoms with van der Waals surface area (Å²) < 4.78 is 5.62. The quantitative estimate of drug-likeness (QED) is 0.863. The molecule has 0 bridgehead atoms. The number of likely N-dealkylation sites (N-methyl/N-ethyl adjacent to an activating group) is 1. The molecule has 17 heavy (non-hydrogen) atoms. The highest BCUT2D eigenvalue weighted by Gasteiger charge is 2.18. The van der Waals surface area contributed by atoms with E-state index < -0.39 is 0 Å². The Morgan fingerprint density at radius 2 is 2.41 bits per heavy atom. The van der Waals surface area contributed by atoms with Crippen LogP contribution in [0.25, 0.3) is 0 Å². The lowest BCUT2D eigenvalue weighted by Crippen LogP contribution is -2.29. The summed E-state index contributed by atoms with van der Waals surface area (Å²) in [4.78, 5) is 6.57. The van der Waals surface area contributed by atoms with E-state index in [4.69, 9.17) is 10.5 Å². The number of hydrogen-bond donors (Lipinski definition) is 1. The van der Waals surface area contributed by atoms with Gasteiger partial charge < -0.3 is 15.4 Å². The minimum absolute atomic E-state index is 0.0417. The van der Waals surface area contributed by atoms with Gasteiger partial charge in [0.25, 0.3) is 0 Å². The Kier molecular flexibility index (Phi) is 3.97. The number of aromatic nitrogens is 1. The van der Waals surface area contributed by atoms with Crippen molar-refractivity contribution in [1.29, 1.82) is 0 Å². The summed E-state index contributed by atoms with van der Waals surface area (Å²) in [6.45, 7) is 3.77. The van der Waals surface area contributed by atoms with Crippen LogP contribution in [-0.2, 0) is 4.74 Å². The molecule has 0 amide bonds. The van der Waals surface area contributed by atoms with E-state index in [0.717, 1.165) is 31.0 Å². The number of nitrogens with two attached hydrogens (primary N) is 1. The summed E-state index contributed by atoms with van der Waals surface area (Å²) >= 11 is 0. The minimum Gasteiger partial charge on any atom is -0.376 e. The molecule has 1 aliphatic heterocycles. The van der Waals surface area contributed by atoms with Crippen molar-refractivity contribution in [2.24, 2.45) is 5.73 Å². The molecule has 4 heteroatoms. The SMILES string of the molecule is CC(N)c1ccc(N(C)CC2CCCO2)nc1. The Bertz CT molecular complexity index is 344. The molecular weight excluding hydrogens is 214 g/mol. The molecule has 1 aromatic rings. The zero-order chi connectivity index (χ0) is 12.3. The molecular formula is C13H21N3O. The van der Waals surface area contributed by atoms with E-state index in [1.165, 1.54) is 6.42 Å². The molecule has 94 valence electrons. The first-order valence-electron chi connectivity index (χ1n) is 6.21. The van der Waals surface area contributed by atoms with Gasteiger partial charge in [-0.05, 0) is 31.4 Å². The van der Waals surface area contributed by atoms with Crippen LogP contribution in [0.1, 0.15) is 31.4 Å². The van der Waals surface area contributed by atoms with Crippen molar-refractivity contribution < 1.29 is 4.74 Å². The second-order valence-corrected chi connectivity index (χ2v) is 4.75. The first-order chi connectivity index (χ1) is 8.16. The number of rotatable bonds is 4. The molecule has 1 fully saturated rings. The van der Waals surface area contributed by atoms with Gasteiger partial charge in [-0.1, -0.05) is 6.07 Å². The van der Waals surface area contributed by atoms with Crippen molar-refractivity contribution in [2.75, 3.05) is 25.1 Å². The Hall–Kier alpha value is -1.13. The van der Waals surface area contributed by atoms with Gasteiger partial charge in [0.15, 0.2) is 0 Å². The summed E-state index contributed by atoms with van der Waals surface area (Å²) in [5, 5.41) is 0. The summed E-state index contributed by atoms with van der Waals surface area (Å²) in [6.07, 6.45) is 4.54. The molecule has 0 aromatic carbocycles. The van der Waals surface area contributed by atoms with Crippen molar-refractivity contribution >= 4 is 5.82 Å². The van der Waals surface area contributed by atoms with Gasteiger partial charge in [-0.2, -0.15) is 0 Å². The first-order valence-corrected chi connectivity index (χ1v) is 6.21. The monoisotopic (exact) mass is 235 g/mol. The molecule has 1 aromatic heterocycles. The molecule has 0 aliphatic carbocycles. The third kappa shape index (κ3) is 3.17. The highest BCUT2D eigenvalue weighted by Crippen LogP contribution is 2.17. The number of hydrogen-bond acceptors (Lipinski definition) is 4. The van der Waals surface area contributed by atoms with Crippen LogP contribution in [0, 0.1) is 0 Å². The second kappa shape index (κ2) is 5.47. The average Bonchev–Trinajstić information content (AvgIpc) is 2.82. The van der Waals surface area contributed by atoms with E-state index in [-0.39, 0.29) is 6.04 Å². The van der Waals surface area contributed by atoms with Crippen LogP contribution in [0.15, 0.2) is 18.3 Å². The van der Waals surface area contributed by atoms with Crippen molar-refractivity contribution in [3.63, 3.8) is 0 Å². The van der Waals surface area contributed by atoms with Crippen LogP contribution < -0.4 is 10.6 Å². The molecule has 0 saturated carbocycles. The smallest absolute Gasteiger partial charge is 0.128 e. The molecule has 2 rings (SSSR count). The first kappa shape index (κ1) is 12.3. The van der Waals surface area contributed by atoms with Crippen LogP contribution >= 0.6 is 0 Å². The fourth-order valence-corrected chi connectivity index (χ4v) is 2.08. The third-order valence-corrected chi connectivity index (χ3v) is 3.19. The van der Waals surface area contributed by atoms with Gasteiger partial charge >= 0.3 is 0 Å². The standard InChI is InChI=1S/C13H21N3O/c1-10(14)11-5-6-13(15-8-11)16(2)9-12-4-3-7-17-12/h5-6,8,10,12H,3-4,7,9,14H2,1-2H3. The normalized spacial score (nSPS) is 21.5.